The Balaban J connectivity index is 1.49. The van der Waals surface area contributed by atoms with Crippen molar-refractivity contribution in [2.24, 2.45) is 0 Å². The molecule has 40 heavy (non-hydrogen) atoms. The third-order valence-corrected chi connectivity index (χ3v) is 8.15. The van der Waals surface area contributed by atoms with Crippen molar-refractivity contribution in [3.63, 3.8) is 0 Å². The fraction of sp³-hybridized carbons (Fsp3) is 0.400. The van der Waals surface area contributed by atoms with Crippen molar-refractivity contribution < 1.29 is 23.8 Å². The lowest BCUT2D eigenvalue weighted by Crippen LogP contribution is -2.47. The van der Waals surface area contributed by atoms with Crippen LogP contribution in [0, 0.1) is 6.92 Å². The molecule has 3 aromatic rings. The van der Waals surface area contributed by atoms with Crippen molar-refractivity contribution in [3.05, 3.63) is 74.9 Å². The molecule has 0 aliphatic carbocycles. The number of carbonyl (C=O) groups is 2. The van der Waals surface area contributed by atoms with E-state index in [0.29, 0.717) is 54.9 Å². The summed E-state index contributed by atoms with van der Waals surface area (Å²) in [5.74, 6) is 1.17. The number of methoxy groups -OCH3 is 2. The maximum absolute atomic E-state index is 13.8. The Labute approximate surface area is 244 Å². The van der Waals surface area contributed by atoms with Crippen LogP contribution in [-0.4, -0.2) is 68.3 Å². The van der Waals surface area contributed by atoms with Gasteiger partial charge in [0.2, 0.25) is 5.91 Å². The van der Waals surface area contributed by atoms with Gasteiger partial charge in [0.05, 0.1) is 26.9 Å². The smallest absolute Gasteiger partial charge is 0.322 e. The van der Waals surface area contributed by atoms with Gasteiger partial charge in [-0.3, -0.25) is 4.79 Å². The number of amides is 3. The Morgan fingerprint density at radius 3 is 2.60 bits per heavy atom. The van der Waals surface area contributed by atoms with Crippen LogP contribution in [0.5, 0.6) is 11.5 Å². The molecule has 2 aromatic carbocycles. The molecule has 1 aliphatic heterocycles. The maximum atomic E-state index is 13.8. The number of benzene rings is 2. The van der Waals surface area contributed by atoms with Gasteiger partial charge in [-0.2, -0.15) is 0 Å². The molecule has 0 radical (unpaired) electrons. The number of urea groups is 1. The van der Waals surface area contributed by atoms with E-state index in [1.165, 1.54) is 0 Å². The van der Waals surface area contributed by atoms with Gasteiger partial charge >= 0.3 is 6.03 Å². The molecule has 10 heteroatoms. The fourth-order valence-electron chi connectivity index (χ4n) is 4.57. The summed E-state index contributed by atoms with van der Waals surface area (Å²) < 4.78 is 16.6. The molecule has 1 aliphatic rings. The summed E-state index contributed by atoms with van der Waals surface area (Å²) in [6.07, 6.45) is 2.32. The molecular formula is C30H36ClN3O5S. The van der Waals surface area contributed by atoms with Crippen molar-refractivity contribution in [2.75, 3.05) is 45.8 Å². The van der Waals surface area contributed by atoms with Gasteiger partial charge in [-0.25, -0.2) is 4.79 Å². The first kappa shape index (κ1) is 29.7. The van der Waals surface area contributed by atoms with Crippen molar-refractivity contribution in [3.8, 4) is 11.5 Å². The van der Waals surface area contributed by atoms with Crippen LogP contribution in [0.15, 0.2) is 53.9 Å². The average molecular weight is 586 g/mol. The molecule has 4 rings (SSSR count). The van der Waals surface area contributed by atoms with E-state index in [1.807, 2.05) is 48.7 Å². The molecule has 2 heterocycles. The summed E-state index contributed by atoms with van der Waals surface area (Å²) in [5.41, 5.74) is 2.52. The van der Waals surface area contributed by atoms with Gasteiger partial charge in [-0.05, 0) is 73.0 Å². The molecular weight excluding hydrogens is 550 g/mol. The van der Waals surface area contributed by atoms with Crippen LogP contribution < -0.4 is 14.8 Å². The lowest BCUT2D eigenvalue weighted by Gasteiger charge is -2.29. The highest BCUT2D eigenvalue weighted by Crippen LogP contribution is 2.28. The minimum absolute atomic E-state index is 0.0669. The number of rotatable bonds is 12. The topological polar surface area (TPSA) is 80.3 Å². The molecule has 1 fully saturated rings. The number of aryl methyl sites for hydroxylation is 1. The third-order valence-electron chi connectivity index (χ3n) is 6.88. The molecule has 1 N–H and O–H groups in total. The number of nitrogens with zero attached hydrogens (tertiary/aromatic N) is 2. The Morgan fingerprint density at radius 1 is 1.10 bits per heavy atom. The van der Waals surface area contributed by atoms with E-state index >= 15 is 0 Å². The first-order chi connectivity index (χ1) is 19.4. The zero-order valence-electron chi connectivity index (χ0n) is 23.2. The van der Waals surface area contributed by atoms with E-state index in [0.717, 1.165) is 28.8 Å². The second-order valence-corrected chi connectivity index (χ2v) is 11.2. The fourth-order valence-corrected chi connectivity index (χ4v) is 5.47. The highest BCUT2D eigenvalue weighted by molar-refractivity contribution is 7.09. The zero-order valence-corrected chi connectivity index (χ0v) is 24.7. The summed E-state index contributed by atoms with van der Waals surface area (Å²) in [7, 11) is 3.21. The number of ether oxygens (including phenoxy) is 3. The van der Waals surface area contributed by atoms with Crippen molar-refractivity contribution >= 4 is 40.6 Å². The summed E-state index contributed by atoms with van der Waals surface area (Å²) >= 11 is 7.87. The van der Waals surface area contributed by atoms with Crippen LogP contribution in [-0.2, 0) is 22.5 Å². The van der Waals surface area contributed by atoms with Gasteiger partial charge in [0.1, 0.15) is 6.54 Å². The summed E-state index contributed by atoms with van der Waals surface area (Å²) in [6.45, 7) is 3.78. The molecule has 8 nitrogen and oxygen atoms in total. The molecule has 1 atom stereocenters. The molecule has 0 saturated carbocycles. The highest BCUT2D eigenvalue weighted by atomic mass is 35.5. The quantitative estimate of drug-likeness (QED) is 0.281. The first-order valence-corrected chi connectivity index (χ1v) is 14.6. The number of carbonyl (C=O) groups excluding carboxylic acids is 2. The van der Waals surface area contributed by atoms with Gasteiger partial charge in [0, 0.05) is 35.3 Å². The van der Waals surface area contributed by atoms with Crippen LogP contribution in [0.2, 0.25) is 5.02 Å². The largest absolute Gasteiger partial charge is 0.493 e. The monoisotopic (exact) mass is 585 g/mol. The SMILES string of the molecule is COc1ccc(CCN(Cc2cccs2)C(=O)CN(CC2CCCO2)C(=O)Nc2ccc(C)c(Cl)c2)cc1OC. The van der Waals surface area contributed by atoms with Crippen LogP contribution >= 0.6 is 22.9 Å². The second kappa shape index (κ2) is 14.4. The van der Waals surface area contributed by atoms with Crippen LogP contribution in [0.1, 0.15) is 28.8 Å². The summed E-state index contributed by atoms with van der Waals surface area (Å²) in [5, 5.41) is 5.47. The van der Waals surface area contributed by atoms with Crippen LogP contribution in [0.4, 0.5) is 10.5 Å². The molecule has 214 valence electrons. The number of anilines is 1. The Bertz CT molecular complexity index is 1280. The van der Waals surface area contributed by atoms with Gasteiger partial charge in [0.15, 0.2) is 11.5 Å². The van der Waals surface area contributed by atoms with E-state index in [4.69, 9.17) is 25.8 Å². The molecule has 1 unspecified atom stereocenters. The van der Waals surface area contributed by atoms with Crippen LogP contribution in [0.3, 0.4) is 0 Å². The van der Waals surface area contributed by atoms with Gasteiger partial charge in [-0.15, -0.1) is 11.3 Å². The van der Waals surface area contributed by atoms with Crippen molar-refractivity contribution in [1.82, 2.24) is 9.80 Å². The standard InChI is InChI=1S/C30H36ClN3O5S/c1-21-8-10-23(17-26(21)31)32-30(36)34(18-24-6-4-14-39-24)20-29(35)33(19-25-7-5-15-40-25)13-12-22-9-11-27(37-2)28(16-22)38-3/h5,7-11,15-17,24H,4,6,12-14,18-20H2,1-3H3,(H,32,36). The summed E-state index contributed by atoms with van der Waals surface area (Å²) in [6, 6.07) is 14.8. The number of thiophene rings is 1. The van der Waals surface area contributed by atoms with E-state index < -0.39 is 0 Å². The van der Waals surface area contributed by atoms with Crippen LogP contribution in [0.25, 0.3) is 0 Å². The molecule has 0 spiro atoms. The minimum atomic E-state index is -0.361. The van der Waals surface area contributed by atoms with Gasteiger partial charge in [0.25, 0.3) is 0 Å². The highest BCUT2D eigenvalue weighted by Gasteiger charge is 2.27. The lowest BCUT2D eigenvalue weighted by atomic mass is 10.1. The third kappa shape index (κ3) is 8.13. The summed E-state index contributed by atoms with van der Waals surface area (Å²) in [4.78, 5) is 31.6. The Kier molecular flexibility index (Phi) is 10.7. The predicted octanol–water partition coefficient (Wildman–Crippen LogP) is 6.01. The maximum Gasteiger partial charge on any atom is 0.322 e. The minimum Gasteiger partial charge on any atom is -0.493 e. The zero-order chi connectivity index (χ0) is 28.5. The number of hydrogen-bond acceptors (Lipinski definition) is 6. The molecule has 1 saturated heterocycles. The van der Waals surface area contributed by atoms with Gasteiger partial charge in [-0.1, -0.05) is 29.8 Å². The number of hydrogen-bond donors (Lipinski definition) is 1. The lowest BCUT2D eigenvalue weighted by molar-refractivity contribution is -0.132. The number of halogens is 1. The van der Waals surface area contributed by atoms with Gasteiger partial charge < -0.3 is 29.3 Å². The molecule has 0 bridgehead atoms. The van der Waals surface area contributed by atoms with E-state index in [9.17, 15) is 9.59 Å². The average Bonchev–Trinajstić information content (AvgIpc) is 3.67. The second-order valence-electron chi connectivity index (χ2n) is 9.74. The molecule has 1 aromatic heterocycles. The van der Waals surface area contributed by atoms with Crippen molar-refractivity contribution in [1.29, 1.82) is 0 Å². The van der Waals surface area contributed by atoms with E-state index in [1.54, 1.807) is 47.5 Å². The normalized spacial score (nSPS) is 14.6. The Morgan fingerprint density at radius 2 is 1.93 bits per heavy atom. The predicted molar refractivity (Wildman–Crippen MR) is 159 cm³/mol. The van der Waals surface area contributed by atoms with E-state index in [2.05, 4.69) is 5.32 Å². The first-order valence-electron chi connectivity index (χ1n) is 13.3. The molecule has 3 amide bonds. The van der Waals surface area contributed by atoms with E-state index in [-0.39, 0.29) is 24.6 Å². The number of nitrogens with one attached hydrogen (secondary N) is 1. The Hall–Kier alpha value is -3.27. The van der Waals surface area contributed by atoms with Crippen molar-refractivity contribution in [2.45, 2.75) is 38.8 Å².